The first-order valence-corrected chi connectivity index (χ1v) is 10.7. The molecule has 0 aliphatic carbocycles. The largest absolute Gasteiger partial charge is 0.487 e. The van der Waals surface area contributed by atoms with Gasteiger partial charge in [-0.3, -0.25) is 4.79 Å². The molecule has 2 aromatic carbocycles. The molecule has 0 spiro atoms. The summed E-state index contributed by atoms with van der Waals surface area (Å²) in [6, 6.07) is 10.1. The molecule has 1 heterocycles. The van der Waals surface area contributed by atoms with Crippen molar-refractivity contribution in [1.29, 1.82) is 0 Å². The Morgan fingerprint density at radius 2 is 1.87 bits per heavy atom. The molecule has 1 amide bonds. The summed E-state index contributed by atoms with van der Waals surface area (Å²) in [4.78, 5) is 15.5. The normalized spacial score (nSPS) is 11.2. The van der Waals surface area contributed by atoms with Gasteiger partial charge >= 0.3 is 0 Å². The van der Waals surface area contributed by atoms with Gasteiger partial charge in [-0.15, -0.1) is 0 Å². The molecule has 0 saturated carbocycles. The Morgan fingerprint density at radius 1 is 1.10 bits per heavy atom. The molecule has 3 N–H and O–H groups in total. The molecule has 31 heavy (non-hydrogen) atoms. The molecule has 0 aliphatic heterocycles. The second-order valence-corrected chi connectivity index (χ2v) is 8.37. The molecule has 0 fully saturated rings. The van der Waals surface area contributed by atoms with Gasteiger partial charge < -0.3 is 10.1 Å². The Hall–Kier alpha value is -3.08. The van der Waals surface area contributed by atoms with Crippen LogP contribution in [0.15, 0.2) is 59.6 Å². The van der Waals surface area contributed by atoms with E-state index >= 15 is 0 Å². The van der Waals surface area contributed by atoms with E-state index in [4.69, 9.17) is 21.5 Å². The number of anilines is 1. The number of rotatable bonds is 7. The Balaban J connectivity index is 1.76. The van der Waals surface area contributed by atoms with Crippen LogP contribution in [-0.4, -0.2) is 19.3 Å². The number of primary sulfonamides is 1. The van der Waals surface area contributed by atoms with E-state index < -0.39 is 27.7 Å². The summed E-state index contributed by atoms with van der Waals surface area (Å²) in [6.07, 6.45) is 0.932. The van der Waals surface area contributed by atoms with Gasteiger partial charge in [0.25, 0.3) is 0 Å². The minimum absolute atomic E-state index is 0.161. The highest BCUT2D eigenvalue weighted by atomic mass is 35.5. The Labute approximate surface area is 181 Å². The van der Waals surface area contributed by atoms with Crippen LogP contribution < -0.4 is 15.2 Å². The lowest BCUT2D eigenvalue weighted by Gasteiger charge is -2.13. The number of hydrogen-bond donors (Lipinski definition) is 2. The summed E-state index contributed by atoms with van der Waals surface area (Å²) >= 11 is 5.96. The zero-order valence-corrected chi connectivity index (χ0v) is 17.4. The third kappa shape index (κ3) is 6.20. The third-order valence-electron chi connectivity index (χ3n) is 4.11. The van der Waals surface area contributed by atoms with E-state index in [1.807, 2.05) is 0 Å². The van der Waals surface area contributed by atoms with E-state index in [9.17, 15) is 22.0 Å². The van der Waals surface area contributed by atoms with Crippen LogP contribution in [0.1, 0.15) is 11.1 Å². The molecule has 1 aromatic heterocycles. The minimum Gasteiger partial charge on any atom is -0.487 e. The van der Waals surface area contributed by atoms with E-state index in [1.54, 1.807) is 0 Å². The summed E-state index contributed by atoms with van der Waals surface area (Å²) in [5, 5.41) is 8.04. The van der Waals surface area contributed by atoms with Crippen LogP contribution in [0, 0.1) is 11.8 Å². The number of nitrogens with two attached hydrogens (primary N) is 1. The Bertz CT molecular complexity index is 1220. The number of nitrogens with zero attached hydrogens (tertiary/aromatic N) is 1. The maximum Gasteiger partial charge on any atom is 0.238 e. The van der Waals surface area contributed by atoms with Crippen molar-refractivity contribution < 1.29 is 26.7 Å². The molecule has 0 aliphatic rings. The minimum atomic E-state index is -4.15. The first-order valence-electron chi connectivity index (χ1n) is 8.75. The predicted octanol–water partition coefficient (Wildman–Crippen LogP) is 3.42. The number of sulfonamides is 1. The predicted molar refractivity (Wildman–Crippen MR) is 110 cm³/mol. The number of pyridine rings is 1. The van der Waals surface area contributed by atoms with E-state index in [-0.39, 0.29) is 45.5 Å². The lowest BCUT2D eigenvalue weighted by Crippen LogP contribution is -2.18. The Morgan fingerprint density at radius 3 is 2.55 bits per heavy atom. The molecule has 162 valence electrons. The molecule has 0 atom stereocenters. The highest BCUT2D eigenvalue weighted by molar-refractivity contribution is 7.89. The van der Waals surface area contributed by atoms with Gasteiger partial charge in [0.05, 0.1) is 17.5 Å². The summed E-state index contributed by atoms with van der Waals surface area (Å²) in [6.45, 7) is -0.188. The van der Waals surface area contributed by atoms with Gasteiger partial charge in [-0.2, -0.15) is 4.39 Å². The summed E-state index contributed by atoms with van der Waals surface area (Å²) < 4.78 is 55.7. The van der Waals surface area contributed by atoms with Crippen molar-refractivity contribution in [3.05, 3.63) is 82.6 Å². The average molecular weight is 468 g/mol. The van der Waals surface area contributed by atoms with Gasteiger partial charge in [0.1, 0.15) is 18.2 Å². The first kappa shape index (κ1) is 22.6. The highest BCUT2D eigenvalue weighted by Gasteiger charge is 2.17. The second kappa shape index (κ2) is 9.38. The summed E-state index contributed by atoms with van der Waals surface area (Å²) in [5.74, 6) is -1.53. The zero-order chi connectivity index (χ0) is 22.6. The lowest BCUT2D eigenvalue weighted by molar-refractivity contribution is -0.115. The molecule has 0 bridgehead atoms. The number of nitrogens with one attached hydrogen (secondary N) is 1. The van der Waals surface area contributed by atoms with Crippen molar-refractivity contribution in [1.82, 2.24) is 4.98 Å². The molecule has 0 unspecified atom stereocenters. The van der Waals surface area contributed by atoms with E-state index in [1.165, 1.54) is 36.4 Å². The number of ether oxygens (including phenoxy) is 1. The first-order chi connectivity index (χ1) is 14.6. The molecule has 7 nitrogen and oxygen atoms in total. The quantitative estimate of drug-likeness (QED) is 0.517. The van der Waals surface area contributed by atoms with Crippen molar-refractivity contribution in [2.75, 3.05) is 5.32 Å². The highest BCUT2D eigenvalue weighted by Crippen LogP contribution is 2.23. The molecule has 3 rings (SSSR count). The summed E-state index contributed by atoms with van der Waals surface area (Å²) in [7, 11) is -4.15. The lowest BCUT2D eigenvalue weighted by atomic mass is 10.1. The average Bonchev–Trinajstić information content (AvgIpc) is 2.70. The number of benzene rings is 2. The van der Waals surface area contributed by atoms with Gasteiger partial charge in [-0.05, 0) is 48.0 Å². The van der Waals surface area contributed by atoms with Crippen molar-refractivity contribution in [3.8, 4) is 5.75 Å². The maximum atomic E-state index is 13.4. The molecule has 0 radical (unpaired) electrons. The van der Waals surface area contributed by atoms with E-state index in [0.717, 1.165) is 18.3 Å². The van der Waals surface area contributed by atoms with E-state index in [2.05, 4.69) is 10.3 Å². The van der Waals surface area contributed by atoms with Crippen LogP contribution in [0.25, 0.3) is 0 Å². The third-order valence-corrected chi connectivity index (χ3v) is 5.47. The van der Waals surface area contributed by atoms with Crippen LogP contribution in [0.3, 0.4) is 0 Å². The van der Waals surface area contributed by atoms with Crippen molar-refractivity contribution >= 4 is 33.2 Å². The molecular weight excluding hydrogens is 452 g/mol. The number of carbonyl (C=O) groups is 1. The number of aromatic nitrogens is 1. The van der Waals surface area contributed by atoms with Gasteiger partial charge in [0, 0.05) is 16.3 Å². The fourth-order valence-corrected chi connectivity index (χ4v) is 3.65. The molecular formula is C20H16ClF2N3O4S. The van der Waals surface area contributed by atoms with Crippen LogP contribution in [0.4, 0.5) is 14.5 Å². The Kier molecular flexibility index (Phi) is 6.84. The SMILES string of the molecule is NS(=O)(=O)c1cc(NC(=O)Cc2cc(F)ccc2Cl)ccc1COc1ccc(F)nc1. The number of carbonyl (C=O) groups excluding carboxylic acids is 1. The van der Waals surface area contributed by atoms with Crippen molar-refractivity contribution in [3.63, 3.8) is 0 Å². The van der Waals surface area contributed by atoms with Crippen LogP contribution in [-0.2, 0) is 27.8 Å². The van der Waals surface area contributed by atoms with Crippen LogP contribution in [0.5, 0.6) is 5.75 Å². The van der Waals surface area contributed by atoms with Gasteiger partial charge in [0.2, 0.25) is 21.9 Å². The van der Waals surface area contributed by atoms with Crippen molar-refractivity contribution in [2.24, 2.45) is 5.14 Å². The van der Waals surface area contributed by atoms with Gasteiger partial charge in [-0.25, -0.2) is 22.9 Å². The monoisotopic (exact) mass is 467 g/mol. The van der Waals surface area contributed by atoms with Crippen LogP contribution >= 0.6 is 11.6 Å². The second-order valence-electron chi connectivity index (χ2n) is 6.43. The topological polar surface area (TPSA) is 111 Å². The van der Waals surface area contributed by atoms with Crippen molar-refractivity contribution in [2.45, 2.75) is 17.9 Å². The molecule has 11 heteroatoms. The van der Waals surface area contributed by atoms with Gasteiger partial charge in [0.15, 0.2) is 0 Å². The molecule has 0 saturated heterocycles. The van der Waals surface area contributed by atoms with Crippen LogP contribution in [0.2, 0.25) is 5.02 Å². The standard InChI is InChI=1S/C20H16ClF2N3O4S/c21-17-5-2-14(22)7-13(17)8-20(27)26-15-3-1-12(18(9-15)31(24,28)29)11-30-16-4-6-19(23)25-10-16/h1-7,9-10H,8,11H2,(H,26,27)(H2,24,28,29). The fourth-order valence-electron chi connectivity index (χ4n) is 2.68. The number of halogens is 3. The number of hydrogen-bond acceptors (Lipinski definition) is 5. The van der Waals surface area contributed by atoms with Gasteiger partial charge in [-0.1, -0.05) is 17.7 Å². The smallest absolute Gasteiger partial charge is 0.238 e. The zero-order valence-electron chi connectivity index (χ0n) is 15.8. The number of amides is 1. The van der Waals surface area contributed by atoms with E-state index in [0.29, 0.717) is 0 Å². The molecule has 3 aromatic rings. The fraction of sp³-hybridized carbons (Fsp3) is 0.100. The maximum absolute atomic E-state index is 13.4. The summed E-state index contributed by atoms with van der Waals surface area (Å²) in [5.41, 5.74) is 0.663.